The van der Waals surface area contributed by atoms with E-state index in [9.17, 15) is 5.11 Å². The Labute approximate surface area is 113 Å². The lowest BCUT2D eigenvalue weighted by Gasteiger charge is -2.31. The summed E-state index contributed by atoms with van der Waals surface area (Å²) < 4.78 is 0. The lowest BCUT2D eigenvalue weighted by Crippen LogP contribution is -2.48. The first kappa shape index (κ1) is 13.8. The van der Waals surface area contributed by atoms with Crippen LogP contribution in [-0.4, -0.2) is 38.5 Å². The van der Waals surface area contributed by atoms with Crippen LogP contribution in [-0.2, 0) is 0 Å². The van der Waals surface area contributed by atoms with Gasteiger partial charge in [-0.2, -0.15) is 0 Å². The minimum Gasteiger partial charge on any atom is -0.394 e. The molecule has 0 aliphatic heterocycles. The van der Waals surface area contributed by atoms with Crippen LogP contribution in [0.1, 0.15) is 33.1 Å². The molecule has 2 atom stereocenters. The van der Waals surface area contributed by atoms with Crippen LogP contribution in [0.15, 0.2) is 23.6 Å². The molecule has 2 rings (SSSR count). The lowest BCUT2D eigenvalue weighted by atomic mass is 9.97. The van der Waals surface area contributed by atoms with Crippen LogP contribution in [0.25, 0.3) is 0 Å². The van der Waals surface area contributed by atoms with E-state index in [4.69, 9.17) is 0 Å². The number of aliphatic hydroxyl groups excluding tert-OH is 1. The van der Waals surface area contributed by atoms with Crippen LogP contribution >= 0.6 is 11.8 Å². The summed E-state index contributed by atoms with van der Waals surface area (Å²) in [6.07, 6.45) is 6.74. The van der Waals surface area contributed by atoms with Crippen LogP contribution in [0.4, 0.5) is 0 Å². The SMILES string of the molecule is CC(CC(C)(CO)NC1CC1)Sc1ccncn1. The lowest BCUT2D eigenvalue weighted by molar-refractivity contribution is 0.164. The Morgan fingerprint density at radius 3 is 2.94 bits per heavy atom. The summed E-state index contributed by atoms with van der Waals surface area (Å²) in [4.78, 5) is 8.13. The second-order valence-electron chi connectivity index (χ2n) is 5.32. The maximum absolute atomic E-state index is 9.58. The number of rotatable bonds is 7. The van der Waals surface area contributed by atoms with Crippen LogP contribution in [0.2, 0.25) is 0 Å². The molecule has 1 aromatic rings. The molecule has 5 heteroatoms. The maximum atomic E-state index is 9.58. The van der Waals surface area contributed by atoms with Gasteiger partial charge in [0, 0.05) is 23.0 Å². The highest BCUT2D eigenvalue weighted by Gasteiger charge is 2.33. The predicted molar refractivity (Wildman–Crippen MR) is 73.6 cm³/mol. The third-order valence-electron chi connectivity index (χ3n) is 3.09. The van der Waals surface area contributed by atoms with Gasteiger partial charge in [0.25, 0.3) is 0 Å². The van der Waals surface area contributed by atoms with E-state index in [0.29, 0.717) is 11.3 Å². The monoisotopic (exact) mass is 267 g/mol. The van der Waals surface area contributed by atoms with Crippen molar-refractivity contribution >= 4 is 11.8 Å². The summed E-state index contributed by atoms with van der Waals surface area (Å²) in [5, 5.41) is 14.5. The highest BCUT2D eigenvalue weighted by atomic mass is 32.2. The fraction of sp³-hybridized carbons (Fsp3) is 0.692. The van der Waals surface area contributed by atoms with Crippen molar-refractivity contribution in [2.24, 2.45) is 0 Å². The Morgan fingerprint density at radius 1 is 1.61 bits per heavy atom. The van der Waals surface area contributed by atoms with E-state index in [-0.39, 0.29) is 12.1 Å². The summed E-state index contributed by atoms with van der Waals surface area (Å²) in [6.45, 7) is 4.45. The van der Waals surface area contributed by atoms with Crippen LogP contribution in [0.3, 0.4) is 0 Å². The van der Waals surface area contributed by atoms with E-state index in [2.05, 4.69) is 29.1 Å². The van der Waals surface area contributed by atoms with Gasteiger partial charge in [-0.15, -0.1) is 11.8 Å². The van der Waals surface area contributed by atoms with E-state index in [0.717, 1.165) is 11.4 Å². The fourth-order valence-electron chi connectivity index (χ4n) is 2.12. The third kappa shape index (κ3) is 4.23. The van der Waals surface area contributed by atoms with Gasteiger partial charge >= 0.3 is 0 Å². The molecule has 2 unspecified atom stereocenters. The number of hydrogen-bond acceptors (Lipinski definition) is 5. The molecule has 0 amide bonds. The van der Waals surface area contributed by atoms with Gasteiger partial charge in [-0.3, -0.25) is 0 Å². The van der Waals surface area contributed by atoms with Gasteiger partial charge in [-0.05, 0) is 32.3 Å². The summed E-state index contributed by atoms with van der Waals surface area (Å²) in [7, 11) is 0. The van der Waals surface area contributed by atoms with Gasteiger partial charge in [0.05, 0.1) is 11.6 Å². The summed E-state index contributed by atoms with van der Waals surface area (Å²) in [5.74, 6) is 0. The van der Waals surface area contributed by atoms with Gasteiger partial charge in [0.1, 0.15) is 6.33 Å². The topological polar surface area (TPSA) is 58.0 Å². The van der Waals surface area contributed by atoms with E-state index in [1.807, 2.05) is 6.07 Å². The van der Waals surface area contributed by atoms with E-state index >= 15 is 0 Å². The van der Waals surface area contributed by atoms with Crippen molar-refractivity contribution < 1.29 is 5.11 Å². The molecule has 0 saturated heterocycles. The molecule has 1 saturated carbocycles. The largest absolute Gasteiger partial charge is 0.394 e. The molecule has 1 aliphatic rings. The standard InChI is InChI=1S/C13H21N3OS/c1-10(18-12-5-6-14-9-15-12)7-13(2,8-17)16-11-3-4-11/h5-6,9-11,16-17H,3-4,7-8H2,1-2H3. The average Bonchev–Trinajstić information content (AvgIpc) is 3.13. The third-order valence-corrected chi connectivity index (χ3v) is 4.15. The maximum Gasteiger partial charge on any atom is 0.116 e. The van der Waals surface area contributed by atoms with Crippen molar-refractivity contribution in [1.82, 2.24) is 15.3 Å². The zero-order valence-electron chi connectivity index (χ0n) is 11.0. The first-order chi connectivity index (χ1) is 8.61. The Morgan fingerprint density at radius 2 is 2.39 bits per heavy atom. The first-order valence-corrected chi connectivity index (χ1v) is 7.30. The molecule has 18 heavy (non-hydrogen) atoms. The molecule has 0 bridgehead atoms. The number of nitrogens with one attached hydrogen (secondary N) is 1. The predicted octanol–water partition coefficient (Wildman–Crippen LogP) is 1.85. The molecule has 1 aliphatic carbocycles. The second kappa shape index (κ2) is 5.99. The van der Waals surface area contributed by atoms with Gasteiger partial charge in [0.2, 0.25) is 0 Å². The molecular weight excluding hydrogens is 246 g/mol. The number of hydrogen-bond donors (Lipinski definition) is 2. The molecule has 0 radical (unpaired) electrons. The number of nitrogens with zero attached hydrogens (tertiary/aromatic N) is 2. The molecule has 1 fully saturated rings. The minimum atomic E-state index is -0.180. The van der Waals surface area contributed by atoms with E-state index < -0.39 is 0 Å². The molecule has 1 aromatic heterocycles. The van der Waals surface area contributed by atoms with Crippen LogP contribution in [0, 0.1) is 0 Å². The number of thioether (sulfide) groups is 1. The molecule has 2 N–H and O–H groups in total. The number of aliphatic hydroxyl groups is 1. The summed E-state index contributed by atoms with van der Waals surface area (Å²) in [6, 6.07) is 2.53. The van der Waals surface area contributed by atoms with Gasteiger partial charge < -0.3 is 10.4 Å². The summed E-state index contributed by atoms with van der Waals surface area (Å²) >= 11 is 1.73. The van der Waals surface area contributed by atoms with Gasteiger partial charge in [-0.25, -0.2) is 9.97 Å². The van der Waals surface area contributed by atoms with Crippen molar-refractivity contribution in [2.45, 2.75) is 55.0 Å². The molecule has 0 spiro atoms. The number of aromatic nitrogens is 2. The molecule has 100 valence electrons. The molecular formula is C13H21N3OS. The van der Waals surface area contributed by atoms with E-state index in [1.54, 1.807) is 24.3 Å². The molecule has 4 nitrogen and oxygen atoms in total. The fourth-order valence-corrected chi connectivity index (χ4v) is 3.23. The van der Waals surface area contributed by atoms with Crippen molar-refractivity contribution in [3.8, 4) is 0 Å². The Balaban J connectivity index is 1.86. The zero-order valence-corrected chi connectivity index (χ0v) is 11.8. The molecule has 0 aromatic carbocycles. The van der Waals surface area contributed by atoms with Crippen molar-refractivity contribution in [3.05, 3.63) is 18.6 Å². The first-order valence-electron chi connectivity index (χ1n) is 6.42. The zero-order chi connectivity index (χ0) is 13.0. The van der Waals surface area contributed by atoms with Crippen molar-refractivity contribution in [3.63, 3.8) is 0 Å². The van der Waals surface area contributed by atoms with Gasteiger partial charge in [-0.1, -0.05) is 6.92 Å². The average molecular weight is 267 g/mol. The highest BCUT2D eigenvalue weighted by molar-refractivity contribution is 7.99. The smallest absolute Gasteiger partial charge is 0.116 e. The quantitative estimate of drug-likeness (QED) is 0.583. The van der Waals surface area contributed by atoms with Crippen molar-refractivity contribution in [1.29, 1.82) is 0 Å². The second-order valence-corrected chi connectivity index (χ2v) is 6.78. The minimum absolute atomic E-state index is 0.179. The van der Waals surface area contributed by atoms with Gasteiger partial charge in [0.15, 0.2) is 0 Å². The Kier molecular flexibility index (Phi) is 4.59. The normalized spacial score (nSPS) is 20.4. The molecule has 1 heterocycles. The van der Waals surface area contributed by atoms with Crippen LogP contribution in [0.5, 0.6) is 0 Å². The van der Waals surface area contributed by atoms with Crippen molar-refractivity contribution in [2.75, 3.05) is 6.61 Å². The van der Waals surface area contributed by atoms with E-state index in [1.165, 1.54) is 12.8 Å². The van der Waals surface area contributed by atoms with Crippen LogP contribution < -0.4 is 5.32 Å². The highest BCUT2D eigenvalue weighted by Crippen LogP contribution is 2.29. The summed E-state index contributed by atoms with van der Waals surface area (Å²) in [5.41, 5.74) is -0.180. The Bertz CT molecular complexity index is 372. The Hall–Kier alpha value is -0.650.